The smallest absolute Gasteiger partial charge is 0.406 e. The van der Waals surface area contributed by atoms with E-state index in [4.69, 9.17) is 0 Å². The third-order valence-electron chi connectivity index (χ3n) is 6.23. The fourth-order valence-electron chi connectivity index (χ4n) is 4.54. The molecule has 0 radical (unpaired) electrons. The molecule has 1 atom stereocenters. The largest absolute Gasteiger partial charge is 0.573 e. The molecule has 2 aromatic carbocycles. The Morgan fingerprint density at radius 2 is 1.94 bits per heavy atom. The molecule has 2 aliphatic heterocycles. The van der Waals surface area contributed by atoms with Gasteiger partial charge in [0.15, 0.2) is 0 Å². The number of fused-ring (bicyclic) bond motifs is 4. The maximum Gasteiger partial charge on any atom is 0.573 e. The average molecular weight is 486 g/mol. The summed E-state index contributed by atoms with van der Waals surface area (Å²) < 4.78 is 41.9. The predicted octanol–water partition coefficient (Wildman–Crippen LogP) is 3.48. The number of alkyl halides is 3. The molecule has 35 heavy (non-hydrogen) atoms. The van der Waals surface area contributed by atoms with Gasteiger partial charge < -0.3 is 25.3 Å². The van der Waals surface area contributed by atoms with Crippen molar-refractivity contribution in [1.82, 2.24) is 15.2 Å². The Labute approximate surface area is 197 Å². The first kappa shape index (κ1) is 22.8. The van der Waals surface area contributed by atoms with E-state index in [-0.39, 0.29) is 31.0 Å². The zero-order valence-corrected chi connectivity index (χ0v) is 18.4. The molecular formula is C24H21F3N4O4. The second-order valence-corrected chi connectivity index (χ2v) is 8.50. The number of aromatic amines is 1. The Bertz CT molecular complexity index is 1330. The van der Waals surface area contributed by atoms with Crippen molar-refractivity contribution < 1.29 is 32.3 Å². The second kappa shape index (κ2) is 8.64. The van der Waals surface area contributed by atoms with Crippen LogP contribution in [0.4, 0.5) is 18.9 Å². The first-order valence-corrected chi connectivity index (χ1v) is 11.1. The number of rotatable bonds is 4. The van der Waals surface area contributed by atoms with Crippen molar-refractivity contribution in [2.24, 2.45) is 0 Å². The maximum absolute atomic E-state index is 13.0. The molecule has 0 unspecified atom stereocenters. The number of para-hydroxylation sites is 1. The molecule has 182 valence electrons. The zero-order valence-electron chi connectivity index (χ0n) is 18.4. The minimum Gasteiger partial charge on any atom is -0.406 e. The van der Waals surface area contributed by atoms with Crippen LogP contribution in [0.3, 0.4) is 0 Å². The number of benzene rings is 2. The molecule has 2 aliphatic rings. The summed E-state index contributed by atoms with van der Waals surface area (Å²) in [5.41, 5.74) is 3.04. The summed E-state index contributed by atoms with van der Waals surface area (Å²) in [7, 11) is 0. The Hall–Kier alpha value is -4.02. The van der Waals surface area contributed by atoms with Crippen molar-refractivity contribution in [2.75, 3.05) is 11.9 Å². The van der Waals surface area contributed by atoms with Crippen LogP contribution in [0, 0.1) is 0 Å². The summed E-state index contributed by atoms with van der Waals surface area (Å²) in [5.74, 6) is -1.33. The van der Waals surface area contributed by atoms with Gasteiger partial charge in [0, 0.05) is 48.1 Å². The van der Waals surface area contributed by atoms with Gasteiger partial charge in [-0.15, -0.1) is 13.2 Å². The molecule has 0 bridgehead atoms. The maximum atomic E-state index is 13.0. The standard InChI is InChI=1S/C24H21F3N4O4/c25-24(26,27)35-13-5-6-18-15(11-13)16-12-31(10-9-19(16)28-18)21(32)8-7-20-23(34)29-17-4-2-1-3-14(17)22(33)30-20/h1-6,11,20,28H,7-10,12H2,(H,29,34)(H,30,33)/t20-/m1/s1. The van der Waals surface area contributed by atoms with E-state index in [1.54, 1.807) is 29.2 Å². The lowest BCUT2D eigenvalue weighted by Crippen LogP contribution is -2.42. The number of aromatic nitrogens is 1. The van der Waals surface area contributed by atoms with Crippen molar-refractivity contribution in [3.05, 3.63) is 59.3 Å². The topological polar surface area (TPSA) is 104 Å². The van der Waals surface area contributed by atoms with Crippen molar-refractivity contribution in [3.8, 4) is 5.75 Å². The van der Waals surface area contributed by atoms with E-state index in [2.05, 4.69) is 20.4 Å². The molecule has 3 amide bonds. The van der Waals surface area contributed by atoms with Gasteiger partial charge in [0.1, 0.15) is 11.8 Å². The van der Waals surface area contributed by atoms with Gasteiger partial charge in [0.25, 0.3) is 5.91 Å². The summed E-state index contributed by atoms with van der Waals surface area (Å²) in [6, 6.07) is 9.86. The fourth-order valence-corrected chi connectivity index (χ4v) is 4.54. The Kier molecular flexibility index (Phi) is 5.62. The lowest BCUT2D eigenvalue weighted by molar-refractivity contribution is -0.274. The second-order valence-electron chi connectivity index (χ2n) is 8.50. The number of halogens is 3. The van der Waals surface area contributed by atoms with Gasteiger partial charge in [-0.05, 0) is 36.8 Å². The number of hydrogen-bond donors (Lipinski definition) is 3. The molecule has 5 rings (SSSR count). The molecule has 3 N–H and O–H groups in total. The van der Waals surface area contributed by atoms with Crippen LogP contribution in [0.2, 0.25) is 0 Å². The highest BCUT2D eigenvalue weighted by atomic mass is 19.4. The molecule has 11 heteroatoms. The van der Waals surface area contributed by atoms with E-state index in [9.17, 15) is 27.6 Å². The number of anilines is 1. The molecule has 0 spiro atoms. The number of carbonyl (C=O) groups is 3. The summed E-state index contributed by atoms with van der Waals surface area (Å²) in [6.07, 6.45) is -4.14. The molecule has 3 heterocycles. The number of H-pyrrole nitrogens is 1. The van der Waals surface area contributed by atoms with E-state index in [0.717, 1.165) is 11.3 Å². The number of hydrogen-bond acceptors (Lipinski definition) is 4. The molecule has 0 fully saturated rings. The molecule has 0 aliphatic carbocycles. The van der Waals surface area contributed by atoms with Crippen molar-refractivity contribution >= 4 is 34.3 Å². The van der Waals surface area contributed by atoms with Crippen LogP contribution < -0.4 is 15.4 Å². The van der Waals surface area contributed by atoms with E-state index in [1.807, 2.05) is 0 Å². The number of amides is 3. The fraction of sp³-hybridized carbons (Fsp3) is 0.292. The molecule has 0 saturated carbocycles. The first-order chi connectivity index (χ1) is 16.7. The van der Waals surface area contributed by atoms with Gasteiger partial charge in [-0.3, -0.25) is 14.4 Å². The minimum absolute atomic E-state index is 0.0227. The SMILES string of the molecule is O=C1N[C@H](CCC(=O)N2CCc3[nH]c4ccc(OC(F)(F)F)cc4c3C2)C(=O)Nc2ccccc21. The van der Waals surface area contributed by atoms with Crippen LogP contribution in [0.15, 0.2) is 42.5 Å². The highest BCUT2D eigenvalue weighted by molar-refractivity contribution is 6.09. The van der Waals surface area contributed by atoms with Crippen LogP contribution >= 0.6 is 0 Å². The molecular weight excluding hydrogens is 465 g/mol. The van der Waals surface area contributed by atoms with Gasteiger partial charge in [-0.2, -0.15) is 0 Å². The Balaban J connectivity index is 1.26. The molecule has 3 aromatic rings. The third-order valence-corrected chi connectivity index (χ3v) is 6.23. The van der Waals surface area contributed by atoms with Crippen molar-refractivity contribution in [1.29, 1.82) is 0 Å². The summed E-state index contributed by atoms with van der Waals surface area (Å²) in [6.45, 7) is 0.650. The van der Waals surface area contributed by atoms with Gasteiger partial charge in [0.2, 0.25) is 11.8 Å². The predicted molar refractivity (Wildman–Crippen MR) is 120 cm³/mol. The lowest BCUT2D eigenvalue weighted by Gasteiger charge is -2.28. The minimum atomic E-state index is -4.80. The van der Waals surface area contributed by atoms with Crippen LogP contribution in [-0.2, 0) is 22.6 Å². The highest BCUT2D eigenvalue weighted by Crippen LogP contribution is 2.32. The monoisotopic (exact) mass is 486 g/mol. The highest BCUT2D eigenvalue weighted by Gasteiger charge is 2.32. The van der Waals surface area contributed by atoms with Crippen molar-refractivity contribution in [2.45, 2.75) is 38.2 Å². The molecule has 0 saturated heterocycles. The number of nitrogens with one attached hydrogen (secondary N) is 3. The Morgan fingerprint density at radius 1 is 1.14 bits per heavy atom. The lowest BCUT2D eigenvalue weighted by atomic mass is 10.0. The Morgan fingerprint density at radius 3 is 2.74 bits per heavy atom. The van der Waals surface area contributed by atoms with Crippen LogP contribution in [-0.4, -0.2) is 46.6 Å². The van der Waals surface area contributed by atoms with E-state index in [1.165, 1.54) is 18.2 Å². The average Bonchev–Trinajstić information content (AvgIpc) is 3.11. The van der Waals surface area contributed by atoms with Gasteiger partial charge in [-0.25, -0.2) is 0 Å². The van der Waals surface area contributed by atoms with E-state index >= 15 is 0 Å². The van der Waals surface area contributed by atoms with E-state index < -0.39 is 24.2 Å². The number of carbonyl (C=O) groups excluding carboxylic acids is 3. The van der Waals surface area contributed by atoms with Crippen molar-refractivity contribution in [3.63, 3.8) is 0 Å². The molecule has 1 aromatic heterocycles. The van der Waals surface area contributed by atoms with Crippen LogP contribution in [0.25, 0.3) is 10.9 Å². The number of nitrogens with zero attached hydrogens (tertiary/aromatic N) is 1. The summed E-state index contributed by atoms with van der Waals surface area (Å²) in [4.78, 5) is 42.8. The summed E-state index contributed by atoms with van der Waals surface area (Å²) >= 11 is 0. The quantitative estimate of drug-likeness (QED) is 0.525. The summed E-state index contributed by atoms with van der Waals surface area (Å²) in [5, 5.41) is 5.95. The van der Waals surface area contributed by atoms with Gasteiger partial charge >= 0.3 is 6.36 Å². The van der Waals surface area contributed by atoms with E-state index in [0.29, 0.717) is 35.1 Å². The molecule has 8 nitrogen and oxygen atoms in total. The zero-order chi connectivity index (χ0) is 24.7. The normalized spacial score (nSPS) is 17.8. The van der Waals surface area contributed by atoms with Crippen LogP contribution in [0.1, 0.15) is 34.5 Å². The third kappa shape index (κ3) is 4.66. The number of ether oxygens (including phenoxy) is 1. The van der Waals surface area contributed by atoms with Crippen LogP contribution in [0.5, 0.6) is 5.75 Å². The van der Waals surface area contributed by atoms with Gasteiger partial charge in [0.05, 0.1) is 11.3 Å². The van der Waals surface area contributed by atoms with Gasteiger partial charge in [-0.1, -0.05) is 12.1 Å². The first-order valence-electron chi connectivity index (χ1n) is 11.1.